The maximum Gasteiger partial charge on any atom is 0.257 e. The minimum absolute atomic E-state index is 0.0383. The fourth-order valence-corrected chi connectivity index (χ4v) is 9.82. The third-order valence-electron chi connectivity index (χ3n) is 11.9. The van der Waals surface area contributed by atoms with Gasteiger partial charge in [-0.2, -0.15) is 5.06 Å². The predicted molar refractivity (Wildman–Crippen MR) is 166 cm³/mol. The molecule has 5 aliphatic rings. The third kappa shape index (κ3) is 4.16. The Morgan fingerprint density at radius 3 is 2.51 bits per heavy atom. The number of rotatable bonds is 5. The summed E-state index contributed by atoms with van der Waals surface area (Å²) in [6, 6.07) is 17.2. The van der Waals surface area contributed by atoms with Crippen LogP contribution in [-0.4, -0.2) is 63.9 Å². The number of hydrogen-bond donors (Lipinski definition) is 2. The molecule has 0 radical (unpaired) electrons. The molecular formula is C36H41F2N3O4. The number of hydrogen-bond acceptors (Lipinski definition) is 6. The second-order valence-corrected chi connectivity index (χ2v) is 14.3. The number of amides is 1. The number of ketones is 1. The number of likely N-dealkylation sites (N-methyl/N-ethyl adjacent to an activating group) is 1. The molecule has 1 saturated heterocycles. The SMILES string of the molecule is CN(Cc1ccccc1)C(=O)C12ON(Cc3ccc(N)cc3)CC1CC1C3CC(F)C4=CC(=O)C=CC4(C)C3(F)C(O)CC12C. The molecule has 1 heterocycles. The second-order valence-electron chi connectivity index (χ2n) is 14.3. The zero-order valence-corrected chi connectivity index (χ0v) is 26.0. The van der Waals surface area contributed by atoms with E-state index in [9.17, 15) is 14.7 Å². The highest BCUT2D eigenvalue weighted by Crippen LogP contribution is 2.72. The van der Waals surface area contributed by atoms with Gasteiger partial charge in [-0.15, -0.1) is 0 Å². The highest BCUT2D eigenvalue weighted by atomic mass is 19.1. The van der Waals surface area contributed by atoms with Crippen molar-refractivity contribution >= 4 is 17.4 Å². The number of nitrogens with two attached hydrogens (primary N) is 1. The predicted octanol–water partition coefficient (Wildman–Crippen LogP) is 4.96. The van der Waals surface area contributed by atoms with Gasteiger partial charge in [0.25, 0.3) is 5.91 Å². The van der Waals surface area contributed by atoms with E-state index in [0.29, 0.717) is 31.7 Å². The van der Waals surface area contributed by atoms with Crippen LogP contribution >= 0.6 is 0 Å². The van der Waals surface area contributed by atoms with Gasteiger partial charge in [0.2, 0.25) is 0 Å². The van der Waals surface area contributed by atoms with Crippen LogP contribution in [0.4, 0.5) is 14.5 Å². The van der Waals surface area contributed by atoms with Gasteiger partial charge in [0.05, 0.1) is 6.10 Å². The molecule has 2 aromatic rings. The molecule has 1 aliphatic heterocycles. The molecule has 0 aromatic heterocycles. The van der Waals surface area contributed by atoms with E-state index in [-0.39, 0.29) is 36.0 Å². The van der Waals surface area contributed by atoms with Crippen molar-refractivity contribution in [1.82, 2.24) is 9.96 Å². The molecular weight excluding hydrogens is 576 g/mol. The first-order chi connectivity index (χ1) is 21.3. The van der Waals surface area contributed by atoms with Crippen LogP contribution < -0.4 is 5.73 Å². The van der Waals surface area contributed by atoms with Crippen LogP contribution in [0.15, 0.2) is 78.4 Å². The lowest BCUT2D eigenvalue weighted by atomic mass is 9.44. The van der Waals surface area contributed by atoms with Crippen molar-refractivity contribution in [2.45, 2.75) is 69.7 Å². The number of benzene rings is 2. The molecule has 4 fully saturated rings. The number of alkyl halides is 2. The molecule has 9 unspecified atom stereocenters. The van der Waals surface area contributed by atoms with Crippen LogP contribution in [0.5, 0.6) is 0 Å². The van der Waals surface area contributed by atoms with Crippen LogP contribution in [0.1, 0.15) is 44.2 Å². The molecule has 1 amide bonds. The lowest BCUT2D eigenvalue weighted by Crippen LogP contribution is -2.71. The molecule has 9 atom stereocenters. The normalized spacial score (nSPS) is 40.3. The molecule has 0 bridgehead atoms. The van der Waals surface area contributed by atoms with E-state index in [0.717, 1.165) is 11.1 Å². The number of halogens is 2. The highest BCUT2D eigenvalue weighted by molar-refractivity contribution is 6.01. The number of hydroxylamine groups is 2. The number of nitrogens with zero attached hydrogens (tertiary/aromatic N) is 2. The Hall–Kier alpha value is -3.40. The van der Waals surface area contributed by atoms with Gasteiger partial charge in [0.1, 0.15) is 6.17 Å². The van der Waals surface area contributed by atoms with Crippen molar-refractivity contribution in [1.29, 1.82) is 0 Å². The van der Waals surface area contributed by atoms with Crippen LogP contribution in [0.2, 0.25) is 0 Å². The first kappa shape index (κ1) is 30.3. The minimum Gasteiger partial charge on any atom is -0.399 e. The zero-order chi connectivity index (χ0) is 31.9. The number of fused-ring (bicyclic) bond motifs is 7. The molecule has 7 nitrogen and oxygen atoms in total. The second kappa shape index (κ2) is 10.3. The molecule has 7 rings (SSSR count). The van der Waals surface area contributed by atoms with Gasteiger partial charge in [0.15, 0.2) is 17.1 Å². The highest BCUT2D eigenvalue weighted by Gasteiger charge is 2.80. The Morgan fingerprint density at radius 1 is 1.09 bits per heavy atom. The van der Waals surface area contributed by atoms with Crippen molar-refractivity contribution in [2.75, 3.05) is 19.3 Å². The largest absolute Gasteiger partial charge is 0.399 e. The van der Waals surface area contributed by atoms with E-state index < -0.39 is 46.2 Å². The smallest absolute Gasteiger partial charge is 0.257 e. The summed E-state index contributed by atoms with van der Waals surface area (Å²) in [5.74, 6) is -2.23. The van der Waals surface area contributed by atoms with E-state index in [2.05, 4.69) is 0 Å². The summed E-state index contributed by atoms with van der Waals surface area (Å²) in [5, 5.41) is 13.7. The summed E-state index contributed by atoms with van der Waals surface area (Å²) in [6.07, 6.45) is 1.13. The lowest BCUT2D eigenvalue weighted by Gasteiger charge is -2.63. The minimum atomic E-state index is -2.22. The molecule has 238 valence electrons. The number of nitrogen functional groups attached to an aromatic ring is 1. The van der Waals surface area contributed by atoms with E-state index in [1.54, 1.807) is 18.9 Å². The summed E-state index contributed by atoms with van der Waals surface area (Å²) in [6.45, 7) is 4.74. The summed E-state index contributed by atoms with van der Waals surface area (Å²) in [5.41, 5.74) is 2.48. The van der Waals surface area contributed by atoms with Crippen molar-refractivity contribution in [3.63, 3.8) is 0 Å². The molecule has 4 aliphatic carbocycles. The monoisotopic (exact) mass is 617 g/mol. The van der Waals surface area contributed by atoms with Gasteiger partial charge in [-0.05, 0) is 73.1 Å². The average molecular weight is 618 g/mol. The number of anilines is 1. The van der Waals surface area contributed by atoms with Crippen LogP contribution in [0.25, 0.3) is 0 Å². The van der Waals surface area contributed by atoms with Crippen molar-refractivity contribution in [3.8, 4) is 0 Å². The first-order valence-electron chi connectivity index (χ1n) is 15.9. The van der Waals surface area contributed by atoms with E-state index in [4.69, 9.17) is 10.6 Å². The van der Waals surface area contributed by atoms with Gasteiger partial charge in [-0.1, -0.05) is 55.5 Å². The molecule has 9 heteroatoms. The molecule has 2 aromatic carbocycles. The van der Waals surface area contributed by atoms with Crippen LogP contribution in [0, 0.1) is 28.6 Å². The van der Waals surface area contributed by atoms with Crippen molar-refractivity contribution in [2.24, 2.45) is 28.6 Å². The summed E-state index contributed by atoms with van der Waals surface area (Å²) in [4.78, 5) is 35.6. The van der Waals surface area contributed by atoms with Gasteiger partial charge in [-0.25, -0.2) is 8.78 Å². The van der Waals surface area contributed by atoms with Gasteiger partial charge in [0, 0.05) is 55.0 Å². The van der Waals surface area contributed by atoms with Crippen LogP contribution in [0.3, 0.4) is 0 Å². The number of allylic oxidation sites excluding steroid dienone is 4. The van der Waals surface area contributed by atoms with E-state index in [1.807, 2.05) is 66.6 Å². The Bertz CT molecular complexity index is 1580. The zero-order valence-electron chi connectivity index (χ0n) is 26.0. The fourth-order valence-electron chi connectivity index (χ4n) is 9.82. The first-order valence-corrected chi connectivity index (χ1v) is 15.9. The number of aliphatic hydroxyl groups is 1. The summed E-state index contributed by atoms with van der Waals surface area (Å²) in [7, 11) is 1.75. The number of carbonyl (C=O) groups is 2. The van der Waals surface area contributed by atoms with Crippen molar-refractivity contribution < 1.29 is 28.3 Å². The van der Waals surface area contributed by atoms with Crippen molar-refractivity contribution in [3.05, 3.63) is 89.5 Å². The third-order valence-corrected chi connectivity index (χ3v) is 11.9. The fraction of sp³-hybridized carbons (Fsp3) is 0.500. The Labute approximate surface area is 262 Å². The molecule has 3 saturated carbocycles. The lowest BCUT2D eigenvalue weighted by molar-refractivity contribution is -0.273. The Balaban J connectivity index is 1.29. The topological polar surface area (TPSA) is 96.1 Å². The number of carbonyl (C=O) groups excluding carboxylic acids is 2. The van der Waals surface area contributed by atoms with Crippen LogP contribution in [-0.2, 0) is 27.5 Å². The maximum absolute atomic E-state index is 17.8. The standard InChI is InChI=1S/C36H41F2N3O4/c1-33-14-13-26(42)16-29(33)30(37)17-28-27-15-24-21-41(20-23-9-11-25(39)12-10-23)45-36(24,34(27,2)18-31(43)35(28,33)38)32(44)40(3)19-22-7-5-4-6-8-22/h4-14,16,24,27-28,30-31,43H,15,17-21,39H2,1-3H3. The Kier molecular flexibility index (Phi) is 6.93. The van der Waals surface area contributed by atoms with Gasteiger partial charge < -0.3 is 15.7 Å². The number of aliphatic hydroxyl groups excluding tert-OH is 1. The summed E-state index contributed by atoms with van der Waals surface area (Å²) >= 11 is 0. The quantitative estimate of drug-likeness (QED) is 0.461. The average Bonchev–Trinajstić information content (AvgIpc) is 3.48. The maximum atomic E-state index is 17.8. The molecule has 0 spiro atoms. The van der Waals surface area contributed by atoms with Gasteiger partial charge >= 0.3 is 0 Å². The van der Waals surface area contributed by atoms with E-state index in [1.165, 1.54) is 18.2 Å². The van der Waals surface area contributed by atoms with E-state index >= 15 is 8.78 Å². The molecule has 45 heavy (non-hydrogen) atoms. The van der Waals surface area contributed by atoms with Gasteiger partial charge in [-0.3, -0.25) is 14.4 Å². The Morgan fingerprint density at radius 2 is 1.80 bits per heavy atom. The summed E-state index contributed by atoms with van der Waals surface area (Å²) < 4.78 is 33.8. The molecule has 3 N–H and O–H groups in total.